The van der Waals surface area contributed by atoms with E-state index in [-0.39, 0.29) is 4.90 Å². The molecule has 0 amide bonds. The summed E-state index contributed by atoms with van der Waals surface area (Å²) in [6.07, 6.45) is 1.39. The Morgan fingerprint density at radius 3 is 2.35 bits per heavy atom. The molecule has 0 unspecified atom stereocenters. The quantitative estimate of drug-likeness (QED) is 0.628. The molecule has 106 valence electrons. The molecular formula is C15H18N2O2S. The molecule has 2 aromatic carbocycles. The van der Waals surface area contributed by atoms with Gasteiger partial charge in [0.1, 0.15) is 6.34 Å². The SMILES string of the molecule is CCN(C=NS(=O)(=O)c1ccc2ccccc2c1)CC. The molecule has 0 radical (unpaired) electrons. The Morgan fingerprint density at radius 1 is 1.05 bits per heavy atom. The molecule has 4 nitrogen and oxygen atoms in total. The molecule has 0 N–H and O–H groups in total. The van der Waals surface area contributed by atoms with E-state index >= 15 is 0 Å². The Balaban J connectivity index is 2.36. The number of nitrogens with zero attached hydrogens (tertiary/aromatic N) is 2. The number of fused-ring (bicyclic) bond motifs is 1. The Hall–Kier alpha value is -1.88. The molecule has 0 fully saturated rings. The van der Waals surface area contributed by atoms with Crippen LogP contribution < -0.4 is 0 Å². The first kappa shape index (κ1) is 14.5. The highest BCUT2D eigenvalue weighted by Gasteiger charge is 2.12. The predicted octanol–water partition coefficient (Wildman–Crippen LogP) is 2.90. The predicted molar refractivity (Wildman–Crippen MR) is 82.5 cm³/mol. The van der Waals surface area contributed by atoms with Crippen molar-refractivity contribution < 1.29 is 8.42 Å². The zero-order valence-corrected chi connectivity index (χ0v) is 12.5. The summed E-state index contributed by atoms with van der Waals surface area (Å²) in [6.45, 7) is 5.37. The van der Waals surface area contributed by atoms with Crippen molar-refractivity contribution >= 4 is 27.1 Å². The molecule has 0 aliphatic heterocycles. The lowest BCUT2D eigenvalue weighted by molar-refractivity contribution is 0.480. The summed E-state index contributed by atoms with van der Waals surface area (Å²) in [7, 11) is -3.64. The normalized spacial score (nSPS) is 12.1. The molecule has 0 heterocycles. The van der Waals surface area contributed by atoms with E-state index < -0.39 is 10.0 Å². The second-order valence-corrected chi connectivity index (χ2v) is 6.06. The maximum Gasteiger partial charge on any atom is 0.283 e. The van der Waals surface area contributed by atoms with Gasteiger partial charge in [-0.25, -0.2) is 0 Å². The Kier molecular flexibility index (Phi) is 4.39. The van der Waals surface area contributed by atoms with Crippen LogP contribution in [0.15, 0.2) is 51.8 Å². The van der Waals surface area contributed by atoms with Crippen molar-refractivity contribution in [3.8, 4) is 0 Å². The fourth-order valence-electron chi connectivity index (χ4n) is 1.90. The van der Waals surface area contributed by atoms with Gasteiger partial charge in [0, 0.05) is 13.1 Å². The molecule has 0 bridgehead atoms. The van der Waals surface area contributed by atoms with Crippen LogP contribution in [0.25, 0.3) is 10.8 Å². The summed E-state index contributed by atoms with van der Waals surface area (Å²) in [4.78, 5) is 2.05. The lowest BCUT2D eigenvalue weighted by Gasteiger charge is -2.13. The van der Waals surface area contributed by atoms with Crippen LogP contribution in [-0.2, 0) is 10.0 Å². The third-order valence-corrected chi connectivity index (χ3v) is 4.40. The topological polar surface area (TPSA) is 49.7 Å². The van der Waals surface area contributed by atoms with Gasteiger partial charge in [0.15, 0.2) is 0 Å². The van der Waals surface area contributed by atoms with Crippen LogP contribution in [0, 0.1) is 0 Å². The monoisotopic (exact) mass is 290 g/mol. The molecule has 0 saturated carbocycles. The number of hydrogen-bond acceptors (Lipinski definition) is 2. The summed E-state index contributed by atoms with van der Waals surface area (Å²) < 4.78 is 28.1. The maximum absolute atomic E-state index is 12.2. The molecule has 5 heteroatoms. The van der Waals surface area contributed by atoms with Crippen molar-refractivity contribution in [3.05, 3.63) is 42.5 Å². The molecular weight excluding hydrogens is 272 g/mol. The van der Waals surface area contributed by atoms with Gasteiger partial charge in [0.2, 0.25) is 0 Å². The summed E-state index contributed by atoms with van der Waals surface area (Å²) in [5, 5.41) is 1.91. The zero-order chi connectivity index (χ0) is 14.6. The standard InChI is InChI=1S/C15H18N2O2S/c1-3-17(4-2)12-16-20(18,19)15-10-9-13-7-5-6-8-14(13)11-15/h5-12H,3-4H2,1-2H3. The molecule has 20 heavy (non-hydrogen) atoms. The third-order valence-electron chi connectivity index (χ3n) is 3.18. The van der Waals surface area contributed by atoms with Crippen molar-refractivity contribution in [2.45, 2.75) is 18.7 Å². The summed E-state index contributed by atoms with van der Waals surface area (Å²) in [5.41, 5.74) is 0. The first-order valence-electron chi connectivity index (χ1n) is 6.60. The zero-order valence-electron chi connectivity index (χ0n) is 11.7. The average molecular weight is 290 g/mol. The van der Waals surface area contributed by atoms with Crippen LogP contribution in [0.1, 0.15) is 13.8 Å². The highest BCUT2D eigenvalue weighted by molar-refractivity contribution is 7.90. The molecule has 0 aliphatic carbocycles. The summed E-state index contributed by atoms with van der Waals surface area (Å²) >= 11 is 0. The number of hydrogen-bond donors (Lipinski definition) is 0. The van der Waals surface area contributed by atoms with Gasteiger partial charge in [0.05, 0.1) is 4.90 Å². The van der Waals surface area contributed by atoms with Gasteiger partial charge in [-0.1, -0.05) is 30.3 Å². The largest absolute Gasteiger partial charge is 0.362 e. The molecule has 0 spiro atoms. The minimum Gasteiger partial charge on any atom is -0.362 e. The van der Waals surface area contributed by atoms with E-state index in [0.29, 0.717) is 0 Å². The van der Waals surface area contributed by atoms with E-state index in [1.165, 1.54) is 6.34 Å². The van der Waals surface area contributed by atoms with E-state index in [9.17, 15) is 8.42 Å². The van der Waals surface area contributed by atoms with Crippen molar-refractivity contribution in [2.75, 3.05) is 13.1 Å². The van der Waals surface area contributed by atoms with Crippen LogP contribution in [-0.4, -0.2) is 32.7 Å². The average Bonchev–Trinajstić information content (AvgIpc) is 2.47. The molecule has 0 aliphatic rings. The van der Waals surface area contributed by atoms with Gasteiger partial charge in [-0.2, -0.15) is 8.42 Å². The van der Waals surface area contributed by atoms with Crippen LogP contribution in [0.3, 0.4) is 0 Å². The van der Waals surface area contributed by atoms with E-state index in [1.807, 2.05) is 43.0 Å². The van der Waals surface area contributed by atoms with Gasteiger partial charge in [-0.05, 0) is 36.8 Å². The minimum absolute atomic E-state index is 0.222. The highest BCUT2D eigenvalue weighted by atomic mass is 32.2. The van der Waals surface area contributed by atoms with Crippen LogP contribution in [0.4, 0.5) is 0 Å². The number of benzene rings is 2. The van der Waals surface area contributed by atoms with Crippen molar-refractivity contribution in [2.24, 2.45) is 4.40 Å². The fraction of sp³-hybridized carbons (Fsp3) is 0.267. The first-order valence-corrected chi connectivity index (χ1v) is 8.04. The van der Waals surface area contributed by atoms with E-state index in [0.717, 1.165) is 23.9 Å². The molecule has 0 aromatic heterocycles. The van der Waals surface area contributed by atoms with Gasteiger partial charge in [0.25, 0.3) is 10.0 Å². The van der Waals surface area contributed by atoms with E-state index in [1.54, 1.807) is 18.2 Å². The van der Waals surface area contributed by atoms with Gasteiger partial charge in [-0.3, -0.25) is 0 Å². The Labute approximate surface area is 119 Å². The molecule has 0 saturated heterocycles. The van der Waals surface area contributed by atoms with E-state index in [2.05, 4.69) is 4.40 Å². The lowest BCUT2D eigenvalue weighted by Crippen LogP contribution is -2.21. The van der Waals surface area contributed by atoms with Crippen molar-refractivity contribution in [3.63, 3.8) is 0 Å². The molecule has 0 atom stereocenters. The van der Waals surface area contributed by atoms with E-state index in [4.69, 9.17) is 0 Å². The summed E-state index contributed by atoms with van der Waals surface area (Å²) in [6, 6.07) is 12.7. The van der Waals surface area contributed by atoms with Crippen molar-refractivity contribution in [1.82, 2.24) is 4.90 Å². The summed E-state index contributed by atoms with van der Waals surface area (Å²) in [5.74, 6) is 0. The first-order chi connectivity index (χ1) is 9.56. The molecule has 2 rings (SSSR count). The smallest absolute Gasteiger partial charge is 0.283 e. The van der Waals surface area contributed by atoms with Crippen LogP contribution >= 0.6 is 0 Å². The Morgan fingerprint density at radius 2 is 1.70 bits per heavy atom. The highest BCUT2D eigenvalue weighted by Crippen LogP contribution is 2.20. The second-order valence-electron chi connectivity index (χ2n) is 4.43. The number of sulfonamides is 1. The second kappa shape index (κ2) is 6.05. The Bertz CT molecular complexity index is 719. The molecule has 2 aromatic rings. The maximum atomic E-state index is 12.2. The fourth-order valence-corrected chi connectivity index (χ4v) is 2.80. The van der Waals surface area contributed by atoms with Crippen molar-refractivity contribution in [1.29, 1.82) is 0 Å². The van der Waals surface area contributed by atoms with Crippen LogP contribution in [0.2, 0.25) is 0 Å². The van der Waals surface area contributed by atoms with Crippen LogP contribution in [0.5, 0.6) is 0 Å². The number of rotatable bonds is 5. The lowest BCUT2D eigenvalue weighted by atomic mass is 10.1. The van der Waals surface area contributed by atoms with Gasteiger partial charge in [-0.15, -0.1) is 4.40 Å². The van der Waals surface area contributed by atoms with Gasteiger partial charge >= 0.3 is 0 Å². The third kappa shape index (κ3) is 3.17. The minimum atomic E-state index is -3.64. The van der Waals surface area contributed by atoms with Gasteiger partial charge < -0.3 is 4.90 Å².